The van der Waals surface area contributed by atoms with Crippen molar-refractivity contribution in [2.24, 2.45) is 0 Å². The molecule has 0 aliphatic heterocycles. The maximum atomic E-state index is 13.3. The standard InChI is InChI=1S/C12H10ClFO3/c1-5(2)9-7-3-6(14)4-8(13)10(7)17-11(9)12(15)16/h3-5H,1-2H3,(H,15,16). The van der Waals surface area contributed by atoms with Crippen LogP contribution in [0.4, 0.5) is 4.39 Å². The van der Waals surface area contributed by atoms with Gasteiger partial charge in [0.25, 0.3) is 0 Å². The summed E-state index contributed by atoms with van der Waals surface area (Å²) in [7, 11) is 0. The number of benzene rings is 1. The van der Waals surface area contributed by atoms with Crippen LogP contribution in [0.15, 0.2) is 16.5 Å². The van der Waals surface area contributed by atoms with E-state index in [1.807, 2.05) is 13.8 Å². The molecule has 0 saturated heterocycles. The van der Waals surface area contributed by atoms with Crippen LogP contribution in [0, 0.1) is 5.82 Å². The second-order valence-electron chi connectivity index (χ2n) is 4.07. The molecule has 0 aliphatic rings. The zero-order valence-electron chi connectivity index (χ0n) is 9.25. The average Bonchev–Trinajstić information content (AvgIpc) is 2.56. The van der Waals surface area contributed by atoms with Crippen molar-refractivity contribution >= 4 is 28.5 Å². The number of furan rings is 1. The second kappa shape index (κ2) is 4.04. The van der Waals surface area contributed by atoms with Crippen molar-refractivity contribution < 1.29 is 18.7 Å². The highest BCUT2D eigenvalue weighted by Gasteiger charge is 2.23. The number of halogens is 2. The first-order valence-electron chi connectivity index (χ1n) is 5.06. The van der Waals surface area contributed by atoms with Crippen molar-refractivity contribution in [2.45, 2.75) is 19.8 Å². The Balaban J connectivity index is 2.90. The van der Waals surface area contributed by atoms with Gasteiger partial charge < -0.3 is 9.52 Å². The van der Waals surface area contributed by atoms with Crippen molar-refractivity contribution in [3.63, 3.8) is 0 Å². The number of carboxylic acid groups (broad SMARTS) is 1. The maximum Gasteiger partial charge on any atom is 0.372 e. The molecule has 90 valence electrons. The molecule has 0 atom stereocenters. The molecule has 3 nitrogen and oxygen atoms in total. The first kappa shape index (κ1) is 11.9. The molecular weight excluding hydrogens is 247 g/mol. The number of rotatable bonds is 2. The lowest BCUT2D eigenvalue weighted by molar-refractivity contribution is 0.0663. The molecule has 1 aromatic heterocycles. The summed E-state index contributed by atoms with van der Waals surface area (Å²) in [5.74, 6) is -1.97. The van der Waals surface area contributed by atoms with Crippen molar-refractivity contribution in [1.82, 2.24) is 0 Å². The van der Waals surface area contributed by atoms with Crippen molar-refractivity contribution in [3.05, 3.63) is 34.3 Å². The summed E-state index contributed by atoms with van der Waals surface area (Å²) in [4.78, 5) is 11.1. The highest BCUT2D eigenvalue weighted by atomic mass is 35.5. The molecule has 1 N–H and O–H groups in total. The third kappa shape index (κ3) is 1.89. The van der Waals surface area contributed by atoms with Gasteiger partial charge in [-0.1, -0.05) is 25.4 Å². The molecule has 2 aromatic rings. The van der Waals surface area contributed by atoms with Crippen molar-refractivity contribution in [3.8, 4) is 0 Å². The summed E-state index contributed by atoms with van der Waals surface area (Å²) in [6, 6.07) is 2.34. The largest absolute Gasteiger partial charge is 0.475 e. The third-order valence-electron chi connectivity index (χ3n) is 2.52. The average molecular weight is 257 g/mol. The lowest BCUT2D eigenvalue weighted by Gasteiger charge is -2.03. The van der Waals surface area contributed by atoms with Crippen LogP contribution in [0.3, 0.4) is 0 Å². The first-order chi connectivity index (χ1) is 7.91. The number of aromatic carboxylic acids is 1. The number of fused-ring (bicyclic) bond motifs is 1. The Bertz CT molecular complexity index is 601. The van der Waals surface area contributed by atoms with Gasteiger partial charge in [0.15, 0.2) is 5.58 Å². The summed E-state index contributed by atoms with van der Waals surface area (Å²) in [6.07, 6.45) is 0. The minimum atomic E-state index is -1.18. The van der Waals surface area contributed by atoms with Crippen LogP contribution in [-0.4, -0.2) is 11.1 Å². The van der Waals surface area contributed by atoms with Gasteiger partial charge in [0.2, 0.25) is 5.76 Å². The van der Waals surface area contributed by atoms with Gasteiger partial charge in [-0.05, 0) is 18.1 Å². The van der Waals surface area contributed by atoms with E-state index < -0.39 is 11.8 Å². The fourth-order valence-corrected chi connectivity index (χ4v) is 2.12. The van der Waals surface area contributed by atoms with E-state index in [9.17, 15) is 9.18 Å². The Kier molecular flexibility index (Phi) is 2.83. The summed E-state index contributed by atoms with van der Waals surface area (Å²) < 4.78 is 18.5. The van der Waals surface area contributed by atoms with Crippen LogP contribution < -0.4 is 0 Å². The molecule has 17 heavy (non-hydrogen) atoms. The van der Waals surface area contributed by atoms with Crippen LogP contribution >= 0.6 is 11.6 Å². The summed E-state index contributed by atoms with van der Waals surface area (Å²) in [5, 5.41) is 9.54. The highest BCUT2D eigenvalue weighted by Crippen LogP contribution is 2.36. The molecule has 0 amide bonds. The van der Waals surface area contributed by atoms with Crippen LogP contribution in [0.2, 0.25) is 5.02 Å². The number of hydrogen-bond acceptors (Lipinski definition) is 2. The molecule has 5 heteroatoms. The fraction of sp³-hybridized carbons (Fsp3) is 0.250. The zero-order chi connectivity index (χ0) is 12.7. The van der Waals surface area contributed by atoms with Gasteiger partial charge >= 0.3 is 5.97 Å². The predicted octanol–water partition coefficient (Wildman–Crippen LogP) is 4.05. The first-order valence-corrected chi connectivity index (χ1v) is 5.44. The Morgan fingerprint density at radius 1 is 1.47 bits per heavy atom. The Morgan fingerprint density at radius 2 is 2.12 bits per heavy atom. The Morgan fingerprint density at radius 3 is 2.65 bits per heavy atom. The molecule has 2 rings (SSSR count). The van der Waals surface area contributed by atoms with E-state index in [0.29, 0.717) is 10.9 Å². The van der Waals surface area contributed by atoms with Gasteiger partial charge in [-0.2, -0.15) is 0 Å². The predicted molar refractivity (Wildman–Crippen MR) is 62.2 cm³/mol. The molecular formula is C12H10ClFO3. The van der Waals surface area contributed by atoms with E-state index in [-0.39, 0.29) is 22.3 Å². The monoisotopic (exact) mass is 256 g/mol. The van der Waals surface area contributed by atoms with Crippen molar-refractivity contribution in [2.75, 3.05) is 0 Å². The van der Waals surface area contributed by atoms with E-state index >= 15 is 0 Å². The fourth-order valence-electron chi connectivity index (χ4n) is 1.88. The second-order valence-corrected chi connectivity index (χ2v) is 4.48. The normalized spacial score (nSPS) is 11.4. The third-order valence-corrected chi connectivity index (χ3v) is 2.80. The summed E-state index contributed by atoms with van der Waals surface area (Å²) >= 11 is 5.83. The molecule has 0 saturated carbocycles. The van der Waals surface area contributed by atoms with Crippen LogP contribution in [0.25, 0.3) is 11.0 Å². The molecule has 0 fully saturated rings. The Labute approximate surface area is 102 Å². The van der Waals surface area contributed by atoms with E-state index in [1.54, 1.807) is 0 Å². The molecule has 1 heterocycles. The van der Waals surface area contributed by atoms with E-state index in [0.717, 1.165) is 6.07 Å². The summed E-state index contributed by atoms with van der Waals surface area (Å²) in [6.45, 7) is 3.63. The molecule has 1 aromatic carbocycles. The molecule has 0 unspecified atom stereocenters. The molecule has 0 bridgehead atoms. The topological polar surface area (TPSA) is 50.4 Å². The van der Waals surface area contributed by atoms with Crippen LogP contribution in [0.1, 0.15) is 35.9 Å². The summed E-state index contributed by atoms with van der Waals surface area (Å²) in [5.41, 5.74) is 0.683. The maximum absolute atomic E-state index is 13.3. The minimum Gasteiger partial charge on any atom is -0.475 e. The van der Waals surface area contributed by atoms with Gasteiger partial charge in [0, 0.05) is 10.9 Å². The van der Waals surface area contributed by atoms with Gasteiger partial charge in [-0.3, -0.25) is 0 Å². The minimum absolute atomic E-state index is 0.0781. The number of hydrogen-bond donors (Lipinski definition) is 1. The van der Waals surface area contributed by atoms with Crippen LogP contribution in [-0.2, 0) is 0 Å². The number of carbonyl (C=O) groups is 1. The van der Waals surface area contributed by atoms with Gasteiger partial charge in [-0.15, -0.1) is 0 Å². The lowest BCUT2D eigenvalue weighted by Crippen LogP contribution is -2.00. The van der Waals surface area contributed by atoms with Crippen LogP contribution in [0.5, 0.6) is 0 Å². The lowest BCUT2D eigenvalue weighted by atomic mass is 9.99. The molecule has 0 aliphatic carbocycles. The van der Waals surface area contributed by atoms with E-state index in [4.69, 9.17) is 21.1 Å². The van der Waals surface area contributed by atoms with E-state index in [2.05, 4.69) is 0 Å². The highest BCUT2D eigenvalue weighted by molar-refractivity contribution is 6.35. The van der Waals surface area contributed by atoms with Gasteiger partial charge in [0.05, 0.1) is 5.02 Å². The van der Waals surface area contributed by atoms with Gasteiger partial charge in [0.1, 0.15) is 5.82 Å². The quantitative estimate of drug-likeness (QED) is 0.882. The van der Waals surface area contributed by atoms with Gasteiger partial charge in [-0.25, -0.2) is 9.18 Å². The molecule has 0 spiro atoms. The Hall–Kier alpha value is -1.55. The SMILES string of the molecule is CC(C)c1c(C(=O)O)oc2c(Cl)cc(F)cc12. The van der Waals surface area contributed by atoms with Crippen molar-refractivity contribution in [1.29, 1.82) is 0 Å². The zero-order valence-corrected chi connectivity index (χ0v) is 10.0. The number of carboxylic acids is 1. The smallest absolute Gasteiger partial charge is 0.372 e. The molecule has 0 radical (unpaired) electrons. The van der Waals surface area contributed by atoms with E-state index in [1.165, 1.54) is 6.07 Å².